The van der Waals surface area contributed by atoms with Crippen LogP contribution in [-0.2, 0) is 14.4 Å². The van der Waals surface area contributed by atoms with Gasteiger partial charge in [-0.25, -0.2) is 4.79 Å². The van der Waals surface area contributed by atoms with Crippen LogP contribution in [0.15, 0.2) is 0 Å². The van der Waals surface area contributed by atoms with E-state index in [1.54, 1.807) is 6.92 Å². The SMILES string of the molecule is CCC(C)C(C(=O)O)N1CC(C(N)=O)CC1=O. The summed E-state index contributed by atoms with van der Waals surface area (Å²) in [5.74, 6) is -2.59. The van der Waals surface area contributed by atoms with E-state index in [-0.39, 0.29) is 24.8 Å². The third kappa shape index (κ3) is 2.75. The molecule has 1 rings (SSSR count). The van der Waals surface area contributed by atoms with Crippen LogP contribution >= 0.6 is 0 Å². The van der Waals surface area contributed by atoms with E-state index in [9.17, 15) is 14.4 Å². The summed E-state index contributed by atoms with van der Waals surface area (Å²) in [5, 5.41) is 9.17. The van der Waals surface area contributed by atoms with Gasteiger partial charge in [0.05, 0.1) is 5.92 Å². The van der Waals surface area contributed by atoms with Crippen molar-refractivity contribution in [3.8, 4) is 0 Å². The van der Waals surface area contributed by atoms with Gasteiger partial charge in [-0.2, -0.15) is 0 Å². The van der Waals surface area contributed by atoms with Crippen molar-refractivity contribution < 1.29 is 19.5 Å². The summed E-state index contributed by atoms with van der Waals surface area (Å²) in [6.07, 6.45) is 0.678. The van der Waals surface area contributed by atoms with Crippen LogP contribution in [0, 0.1) is 11.8 Å². The van der Waals surface area contributed by atoms with E-state index in [1.807, 2.05) is 6.92 Å². The van der Waals surface area contributed by atoms with E-state index in [1.165, 1.54) is 4.90 Å². The van der Waals surface area contributed by atoms with Crippen molar-refractivity contribution in [2.24, 2.45) is 17.6 Å². The molecule has 6 heteroatoms. The molecule has 0 aromatic heterocycles. The highest BCUT2D eigenvalue weighted by atomic mass is 16.4. The van der Waals surface area contributed by atoms with Gasteiger partial charge in [-0.15, -0.1) is 0 Å². The fourth-order valence-electron chi connectivity index (χ4n) is 2.10. The first-order valence-corrected chi connectivity index (χ1v) is 5.70. The lowest BCUT2D eigenvalue weighted by atomic mass is 9.98. The van der Waals surface area contributed by atoms with E-state index in [4.69, 9.17) is 10.8 Å². The van der Waals surface area contributed by atoms with E-state index >= 15 is 0 Å². The van der Waals surface area contributed by atoms with Gasteiger partial charge in [0, 0.05) is 13.0 Å². The van der Waals surface area contributed by atoms with Gasteiger partial charge in [-0.1, -0.05) is 20.3 Å². The number of amides is 2. The van der Waals surface area contributed by atoms with Crippen molar-refractivity contribution >= 4 is 17.8 Å². The lowest BCUT2D eigenvalue weighted by Crippen LogP contribution is -2.46. The Morgan fingerprint density at radius 1 is 1.59 bits per heavy atom. The maximum atomic E-state index is 11.7. The van der Waals surface area contributed by atoms with Crippen molar-refractivity contribution in [3.05, 3.63) is 0 Å². The first kappa shape index (κ1) is 13.5. The van der Waals surface area contributed by atoms with Crippen molar-refractivity contribution in [3.63, 3.8) is 0 Å². The second kappa shape index (κ2) is 5.16. The molecule has 0 bridgehead atoms. The maximum Gasteiger partial charge on any atom is 0.326 e. The van der Waals surface area contributed by atoms with Gasteiger partial charge in [-0.3, -0.25) is 9.59 Å². The Labute approximate surface area is 99.8 Å². The van der Waals surface area contributed by atoms with Gasteiger partial charge >= 0.3 is 5.97 Å². The van der Waals surface area contributed by atoms with Gasteiger partial charge in [0.1, 0.15) is 6.04 Å². The first-order chi connectivity index (χ1) is 7.88. The Morgan fingerprint density at radius 3 is 2.53 bits per heavy atom. The second-order valence-corrected chi connectivity index (χ2v) is 4.52. The molecule has 3 atom stereocenters. The molecule has 1 heterocycles. The smallest absolute Gasteiger partial charge is 0.326 e. The number of carbonyl (C=O) groups excluding carboxylic acids is 2. The van der Waals surface area contributed by atoms with Crippen LogP contribution in [0.2, 0.25) is 0 Å². The molecule has 6 nitrogen and oxygen atoms in total. The molecule has 3 N–H and O–H groups in total. The Balaban J connectivity index is 2.86. The molecular weight excluding hydrogens is 224 g/mol. The molecule has 1 saturated heterocycles. The predicted molar refractivity (Wildman–Crippen MR) is 59.9 cm³/mol. The highest BCUT2D eigenvalue weighted by molar-refractivity contribution is 5.91. The van der Waals surface area contributed by atoms with Crippen LogP contribution < -0.4 is 5.73 Å². The molecule has 17 heavy (non-hydrogen) atoms. The Bertz CT molecular complexity index is 342. The molecule has 3 unspecified atom stereocenters. The number of carboxylic acid groups (broad SMARTS) is 1. The number of nitrogens with two attached hydrogens (primary N) is 1. The molecule has 0 radical (unpaired) electrons. The van der Waals surface area contributed by atoms with E-state index < -0.39 is 23.8 Å². The summed E-state index contributed by atoms with van der Waals surface area (Å²) in [6, 6.07) is -0.864. The number of likely N-dealkylation sites (tertiary alicyclic amines) is 1. The average molecular weight is 242 g/mol. The van der Waals surface area contributed by atoms with E-state index in [0.717, 1.165) is 0 Å². The number of nitrogens with zero attached hydrogens (tertiary/aromatic N) is 1. The summed E-state index contributed by atoms with van der Waals surface area (Å²) in [4.78, 5) is 35.2. The number of aliphatic carboxylic acids is 1. The van der Waals surface area contributed by atoms with Gasteiger partial charge in [0.15, 0.2) is 0 Å². The van der Waals surface area contributed by atoms with Crippen molar-refractivity contribution in [1.29, 1.82) is 0 Å². The summed E-state index contributed by atoms with van der Waals surface area (Å²) < 4.78 is 0. The lowest BCUT2D eigenvalue weighted by Gasteiger charge is -2.28. The zero-order valence-electron chi connectivity index (χ0n) is 10.0. The maximum absolute atomic E-state index is 11.7. The topological polar surface area (TPSA) is 101 Å². The normalized spacial score (nSPS) is 23.5. The average Bonchev–Trinajstić information content (AvgIpc) is 2.60. The minimum absolute atomic E-state index is 0.0234. The quantitative estimate of drug-likeness (QED) is 0.698. The number of primary amides is 1. The summed E-state index contributed by atoms with van der Waals surface area (Å²) >= 11 is 0. The summed E-state index contributed by atoms with van der Waals surface area (Å²) in [7, 11) is 0. The molecule has 0 aromatic rings. The summed E-state index contributed by atoms with van der Waals surface area (Å²) in [5.41, 5.74) is 5.14. The zero-order chi connectivity index (χ0) is 13.2. The fourth-order valence-corrected chi connectivity index (χ4v) is 2.10. The van der Waals surface area contributed by atoms with Crippen LogP contribution in [0.4, 0.5) is 0 Å². The van der Waals surface area contributed by atoms with Crippen LogP contribution in [-0.4, -0.2) is 40.4 Å². The van der Waals surface area contributed by atoms with Gasteiger partial charge in [-0.05, 0) is 5.92 Å². The highest BCUT2D eigenvalue weighted by Gasteiger charge is 2.41. The standard InChI is InChI=1S/C11H18N2O4/c1-3-6(2)9(11(16)17)13-5-7(10(12)15)4-8(13)14/h6-7,9H,3-5H2,1-2H3,(H2,12,15)(H,16,17). The van der Waals surface area contributed by atoms with Crippen LogP contribution in [0.25, 0.3) is 0 Å². The third-order valence-corrected chi connectivity index (χ3v) is 3.33. The predicted octanol–water partition coefficient (Wildman–Crippen LogP) is -0.180. The van der Waals surface area contributed by atoms with Crippen LogP contribution in [0.5, 0.6) is 0 Å². The molecule has 96 valence electrons. The second-order valence-electron chi connectivity index (χ2n) is 4.52. The van der Waals surface area contributed by atoms with E-state index in [2.05, 4.69) is 0 Å². The van der Waals surface area contributed by atoms with Crippen molar-refractivity contribution in [1.82, 2.24) is 4.90 Å². The first-order valence-electron chi connectivity index (χ1n) is 5.70. The Hall–Kier alpha value is -1.59. The van der Waals surface area contributed by atoms with Gasteiger partial charge < -0.3 is 15.7 Å². The molecule has 0 aromatic carbocycles. The molecular formula is C11H18N2O4. The molecule has 1 aliphatic heterocycles. The van der Waals surface area contributed by atoms with Crippen LogP contribution in [0.3, 0.4) is 0 Å². The number of carboxylic acids is 1. The molecule has 1 aliphatic rings. The molecule has 0 saturated carbocycles. The van der Waals surface area contributed by atoms with Gasteiger partial charge in [0.25, 0.3) is 0 Å². The molecule has 0 spiro atoms. The largest absolute Gasteiger partial charge is 0.480 e. The number of hydrogen-bond acceptors (Lipinski definition) is 3. The van der Waals surface area contributed by atoms with Gasteiger partial charge in [0.2, 0.25) is 11.8 Å². The lowest BCUT2D eigenvalue weighted by molar-refractivity contribution is -0.150. The summed E-state index contributed by atoms with van der Waals surface area (Å²) in [6.45, 7) is 3.77. The minimum atomic E-state index is -1.03. The van der Waals surface area contributed by atoms with E-state index in [0.29, 0.717) is 6.42 Å². The van der Waals surface area contributed by atoms with Crippen LogP contribution in [0.1, 0.15) is 26.7 Å². The van der Waals surface area contributed by atoms with Crippen molar-refractivity contribution in [2.75, 3.05) is 6.54 Å². The Kier molecular flexibility index (Phi) is 4.09. The number of carbonyl (C=O) groups is 3. The molecule has 0 aliphatic carbocycles. The minimum Gasteiger partial charge on any atom is -0.480 e. The molecule has 2 amide bonds. The number of hydrogen-bond donors (Lipinski definition) is 2. The Morgan fingerprint density at radius 2 is 2.18 bits per heavy atom. The molecule has 1 fully saturated rings. The zero-order valence-corrected chi connectivity index (χ0v) is 10.0. The monoisotopic (exact) mass is 242 g/mol. The fraction of sp³-hybridized carbons (Fsp3) is 0.727. The number of rotatable bonds is 5. The van der Waals surface area contributed by atoms with Crippen molar-refractivity contribution in [2.45, 2.75) is 32.7 Å². The third-order valence-electron chi connectivity index (χ3n) is 3.33. The highest BCUT2D eigenvalue weighted by Crippen LogP contribution is 2.24.